The number of nitrogens with zero attached hydrogens (tertiary/aromatic N) is 3. The zero-order valence-corrected chi connectivity index (χ0v) is 24.2. The molecule has 2 heterocycles. The van der Waals surface area contributed by atoms with Crippen molar-refractivity contribution in [2.75, 3.05) is 13.2 Å². The van der Waals surface area contributed by atoms with Crippen LogP contribution in [0, 0.1) is 6.92 Å². The quantitative estimate of drug-likeness (QED) is 0.249. The van der Waals surface area contributed by atoms with E-state index in [2.05, 4.69) is 9.97 Å². The summed E-state index contributed by atoms with van der Waals surface area (Å²) in [4.78, 5) is 19.3. The molecule has 1 N–H and O–H groups in total. The van der Waals surface area contributed by atoms with Crippen LogP contribution in [0.4, 0.5) is 13.2 Å². The minimum absolute atomic E-state index is 0.0952. The van der Waals surface area contributed by atoms with E-state index < -0.39 is 46.2 Å². The average molecular weight is 626 g/mol. The molecule has 0 fully saturated rings. The predicted molar refractivity (Wildman–Crippen MR) is 147 cm³/mol. The number of hydrogen-bond donors (Lipinski definition) is 1. The first-order chi connectivity index (χ1) is 19.7. The van der Waals surface area contributed by atoms with Crippen molar-refractivity contribution in [2.45, 2.75) is 48.7 Å². The molecule has 2 aromatic heterocycles. The summed E-state index contributed by atoms with van der Waals surface area (Å²) in [7, 11) is -6.56. The van der Waals surface area contributed by atoms with Crippen molar-refractivity contribution in [3.05, 3.63) is 71.5 Å². The fraction of sp³-hybridized carbons (Fsp3) is 0.296. The van der Waals surface area contributed by atoms with Gasteiger partial charge in [0.25, 0.3) is 10.0 Å². The number of imidazole rings is 1. The number of rotatable bonds is 11. The van der Waals surface area contributed by atoms with E-state index in [1.807, 2.05) is 0 Å². The first-order valence-electron chi connectivity index (χ1n) is 12.4. The minimum Gasteiger partial charge on any atom is -0.484 e. The van der Waals surface area contributed by atoms with Gasteiger partial charge in [0.1, 0.15) is 11.5 Å². The van der Waals surface area contributed by atoms with E-state index in [-0.39, 0.29) is 55.5 Å². The number of aliphatic carboxylic acids is 1. The van der Waals surface area contributed by atoms with Crippen LogP contribution in [0.1, 0.15) is 36.6 Å². The molecule has 0 radical (unpaired) electrons. The van der Waals surface area contributed by atoms with E-state index in [1.54, 1.807) is 32.0 Å². The smallest absolute Gasteiger partial charge is 0.422 e. The van der Waals surface area contributed by atoms with E-state index in [0.717, 1.165) is 3.97 Å². The zero-order chi connectivity index (χ0) is 30.8. The Morgan fingerprint density at radius 1 is 1.12 bits per heavy atom. The van der Waals surface area contributed by atoms with Gasteiger partial charge in [-0.15, -0.1) is 0 Å². The number of carboxylic acids is 1. The number of carbonyl (C=O) groups is 1. The van der Waals surface area contributed by atoms with E-state index >= 15 is 0 Å². The van der Waals surface area contributed by atoms with Crippen LogP contribution in [-0.2, 0) is 31.4 Å². The molecule has 1 unspecified atom stereocenters. The fourth-order valence-electron chi connectivity index (χ4n) is 4.11. The van der Waals surface area contributed by atoms with E-state index in [1.165, 1.54) is 43.5 Å². The maximum Gasteiger partial charge on any atom is 0.422 e. The summed E-state index contributed by atoms with van der Waals surface area (Å²) < 4.78 is 91.2. The summed E-state index contributed by atoms with van der Waals surface area (Å²) in [6.45, 7) is 2.83. The van der Waals surface area contributed by atoms with Crippen LogP contribution in [0.5, 0.6) is 11.5 Å². The van der Waals surface area contributed by atoms with Gasteiger partial charge in [0, 0.05) is 11.8 Å². The molecule has 1 atom stereocenters. The van der Waals surface area contributed by atoms with Gasteiger partial charge in [0.2, 0.25) is 5.16 Å². The summed E-state index contributed by atoms with van der Waals surface area (Å²) >= 11 is 0. The molecule has 0 saturated heterocycles. The first kappa shape index (κ1) is 31.0. The molecule has 0 bridgehead atoms. The number of aromatic nitrogens is 3. The van der Waals surface area contributed by atoms with Gasteiger partial charge >= 0.3 is 12.1 Å². The molecule has 15 heteroatoms. The Balaban J connectivity index is 1.78. The molecule has 0 aliphatic carbocycles. The second kappa shape index (κ2) is 12.1. The van der Waals surface area contributed by atoms with Gasteiger partial charge in [0.15, 0.2) is 13.2 Å². The number of hydrogen-bond acceptors (Lipinski definition) is 8. The maximum absolute atomic E-state index is 14.2. The topological polar surface area (TPSA) is 138 Å². The summed E-state index contributed by atoms with van der Waals surface area (Å²) in [5, 5.41) is 8.62. The summed E-state index contributed by atoms with van der Waals surface area (Å²) in [5.41, 5.74) is 1.11. The van der Waals surface area contributed by atoms with Crippen LogP contribution < -0.4 is 9.47 Å². The van der Waals surface area contributed by atoms with Crippen LogP contribution in [0.15, 0.2) is 64.8 Å². The zero-order valence-electron chi connectivity index (χ0n) is 22.6. The predicted octanol–water partition coefficient (Wildman–Crippen LogP) is 4.81. The van der Waals surface area contributed by atoms with Crippen LogP contribution >= 0.6 is 0 Å². The Hall–Kier alpha value is -3.98. The van der Waals surface area contributed by atoms with Gasteiger partial charge < -0.3 is 14.6 Å². The van der Waals surface area contributed by atoms with Gasteiger partial charge in [-0.3, -0.25) is 9.19 Å². The highest BCUT2D eigenvalue weighted by Gasteiger charge is 2.31. The average Bonchev–Trinajstić information content (AvgIpc) is 3.32. The standard InChI is InChI=1S/C27H26F3N3O7S2/c1-16(2)19-12-18(39-13-25(34)35)8-9-24(19)42(37,38)33-22-7-5-4-6-20(22)32-26(33)41(36)14-21-17(3)23(10-11-31-21)40-15-27(28,29)30/h4-12,16H,13-15H2,1-3H3,(H,34,35). The third-order valence-corrected chi connectivity index (χ3v) is 9.21. The lowest BCUT2D eigenvalue weighted by molar-refractivity contribution is -0.153. The molecule has 0 spiro atoms. The number of fused-ring (bicyclic) bond motifs is 1. The molecule has 42 heavy (non-hydrogen) atoms. The second-order valence-corrected chi connectivity index (χ2v) is 12.6. The minimum atomic E-state index is -4.56. The molecular formula is C27H26F3N3O7S2. The number of alkyl halides is 3. The normalized spacial score (nSPS) is 12.9. The summed E-state index contributed by atoms with van der Waals surface area (Å²) in [6, 6.07) is 11.6. The molecule has 0 aliphatic rings. The molecule has 4 aromatic rings. The number of pyridine rings is 1. The van der Waals surface area contributed by atoms with Crippen LogP contribution in [0.2, 0.25) is 0 Å². The highest BCUT2D eigenvalue weighted by molar-refractivity contribution is 7.91. The van der Waals surface area contributed by atoms with E-state index in [9.17, 15) is 30.6 Å². The molecule has 0 aliphatic heterocycles. The number of ether oxygens (including phenoxy) is 2. The highest BCUT2D eigenvalue weighted by atomic mass is 32.2. The Kier molecular flexibility index (Phi) is 8.92. The molecule has 0 amide bonds. The molecular weight excluding hydrogens is 599 g/mol. The summed E-state index contributed by atoms with van der Waals surface area (Å²) in [5.74, 6) is -1.82. The van der Waals surface area contributed by atoms with E-state index in [4.69, 9.17) is 14.6 Å². The largest absolute Gasteiger partial charge is 0.484 e. The Morgan fingerprint density at radius 2 is 1.83 bits per heavy atom. The van der Waals surface area contributed by atoms with E-state index in [0.29, 0.717) is 5.56 Å². The lowest BCUT2D eigenvalue weighted by Crippen LogP contribution is -2.20. The number of para-hydroxylation sites is 2. The fourth-order valence-corrected chi connectivity index (χ4v) is 7.50. The van der Waals surface area contributed by atoms with Gasteiger partial charge in [-0.25, -0.2) is 22.2 Å². The van der Waals surface area contributed by atoms with Crippen molar-refractivity contribution >= 4 is 37.8 Å². The van der Waals surface area contributed by atoms with Gasteiger partial charge in [-0.2, -0.15) is 13.2 Å². The third kappa shape index (κ3) is 6.73. The highest BCUT2D eigenvalue weighted by Crippen LogP contribution is 2.33. The Bertz CT molecular complexity index is 1770. The lowest BCUT2D eigenvalue weighted by atomic mass is 10.0. The van der Waals surface area contributed by atoms with Crippen molar-refractivity contribution in [2.24, 2.45) is 0 Å². The van der Waals surface area contributed by atoms with Crippen LogP contribution in [0.3, 0.4) is 0 Å². The van der Waals surface area contributed by atoms with Gasteiger partial charge in [0.05, 0.1) is 38.2 Å². The molecule has 0 saturated carbocycles. The van der Waals surface area contributed by atoms with Crippen LogP contribution in [-0.4, -0.2) is 57.0 Å². The third-order valence-electron chi connectivity index (χ3n) is 6.10. The molecule has 10 nitrogen and oxygen atoms in total. The number of halogens is 3. The van der Waals surface area contributed by atoms with Gasteiger partial charge in [-0.1, -0.05) is 26.0 Å². The second-order valence-electron chi connectivity index (χ2n) is 9.46. The van der Waals surface area contributed by atoms with Crippen molar-refractivity contribution in [3.8, 4) is 11.5 Å². The number of benzene rings is 2. The van der Waals surface area contributed by atoms with Crippen molar-refractivity contribution in [1.82, 2.24) is 13.9 Å². The molecule has 2 aromatic carbocycles. The first-order valence-corrected chi connectivity index (χ1v) is 15.2. The monoisotopic (exact) mass is 625 g/mol. The maximum atomic E-state index is 14.2. The Morgan fingerprint density at radius 3 is 2.50 bits per heavy atom. The SMILES string of the molecule is Cc1c(OCC(F)(F)F)ccnc1CS(=O)c1nc2ccccc2n1S(=O)(=O)c1ccc(OCC(=O)O)cc1C(C)C. The van der Waals surface area contributed by atoms with Crippen molar-refractivity contribution < 1.29 is 45.2 Å². The molecule has 4 rings (SSSR count). The lowest BCUT2D eigenvalue weighted by Gasteiger charge is -2.17. The Labute approximate surface area is 241 Å². The summed E-state index contributed by atoms with van der Waals surface area (Å²) in [6.07, 6.45) is -3.35. The van der Waals surface area contributed by atoms with Crippen molar-refractivity contribution in [1.29, 1.82) is 0 Å². The molecule has 224 valence electrons. The van der Waals surface area contributed by atoms with Crippen molar-refractivity contribution in [3.63, 3.8) is 0 Å². The number of carboxylic acid groups (broad SMARTS) is 1. The van der Waals surface area contributed by atoms with Gasteiger partial charge in [-0.05, 0) is 54.8 Å². The van der Waals surface area contributed by atoms with Crippen LogP contribution in [0.25, 0.3) is 11.0 Å².